The first-order valence-corrected chi connectivity index (χ1v) is 6.34. The van der Waals surface area contributed by atoms with Gasteiger partial charge in [-0.05, 0) is 12.8 Å². The third-order valence-electron chi connectivity index (χ3n) is 2.38. The van der Waals surface area contributed by atoms with Gasteiger partial charge in [0.25, 0.3) is 11.3 Å². The van der Waals surface area contributed by atoms with Gasteiger partial charge in [0.2, 0.25) is 0 Å². The fraction of sp³-hybridized carbons (Fsp3) is 0.778. The number of nitrogens with zero attached hydrogens (tertiary/aromatic N) is 2. The molecule has 1 fully saturated rings. The van der Waals surface area contributed by atoms with Crippen LogP contribution in [0, 0.1) is 0 Å². The van der Waals surface area contributed by atoms with Gasteiger partial charge in [0.15, 0.2) is 0 Å². The number of rotatable bonds is 5. The summed E-state index contributed by atoms with van der Waals surface area (Å²) in [7, 11) is 0. The standard InChI is InChI=1S/C9H9F6N3OS/c10-8(11,12)6(9(13,14)15)19-7-18-17-5(20-7)3-16-4-1-2-4/h4,6,16H,1-3H2. The van der Waals surface area contributed by atoms with Crippen molar-refractivity contribution in [2.45, 2.75) is 43.9 Å². The van der Waals surface area contributed by atoms with Crippen LogP contribution in [0.25, 0.3) is 0 Å². The van der Waals surface area contributed by atoms with E-state index < -0.39 is 23.7 Å². The fourth-order valence-corrected chi connectivity index (χ4v) is 1.96. The zero-order chi connectivity index (χ0) is 15.0. The van der Waals surface area contributed by atoms with E-state index >= 15 is 0 Å². The van der Waals surface area contributed by atoms with Gasteiger partial charge in [-0.15, -0.1) is 5.10 Å². The molecule has 0 aromatic carbocycles. The van der Waals surface area contributed by atoms with Gasteiger partial charge in [-0.1, -0.05) is 16.4 Å². The SMILES string of the molecule is FC(F)(F)C(Oc1nnc(CNC2CC2)s1)C(F)(F)F. The molecule has 0 unspecified atom stereocenters. The summed E-state index contributed by atoms with van der Waals surface area (Å²) in [5, 5.41) is 9.20. The van der Waals surface area contributed by atoms with Crippen LogP contribution < -0.4 is 10.1 Å². The summed E-state index contributed by atoms with van der Waals surface area (Å²) in [4.78, 5) is 0. The van der Waals surface area contributed by atoms with Gasteiger partial charge in [-0.3, -0.25) is 0 Å². The lowest BCUT2D eigenvalue weighted by Crippen LogP contribution is -2.46. The Balaban J connectivity index is 1.99. The van der Waals surface area contributed by atoms with Crippen molar-refractivity contribution in [2.24, 2.45) is 0 Å². The van der Waals surface area contributed by atoms with Crippen molar-refractivity contribution in [2.75, 3.05) is 0 Å². The largest absolute Gasteiger partial charge is 0.446 e. The van der Waals surface area contributed by atoms with E-state index in [1.165, 1.54) is 0 Å². The van der Waals surface area contributed by atoms with Crippen LogP contribution in [0.1, 0.15) is 17.8 Å². The Morgan fingerprint density at radius 1 is 1.15 bits per heavy atom. The van der Waals surface area contributed by atoms with Crippen molar-refractivity contribution in [3.05, 3.63) is 5.01 Å². The van der Waals surface area contributed by atoms with Gasteiger partial charge in [0, 0.05) is 6.04 Å². The van der Waals surface area contributed by atoms with Crippen molar-refractivity contribution in [3.63, 3.8) is 0 Å². The number of hydrogen-bond donors (Lipinski definition) is 1. The van der Waals surface area contributed by atoms with Crippen LogP contribution >= 0.6 is 11.3 Å². The first-order chi connectivity index (χ1) is 9.16. The maximum atomic E-state index is 12.3. The quantitative estimate of drug-likeness (QED) is 0.847. The molecule has 0 saturated heterocycles. The Morgan fingerprint density at radius 2 is 1.75 bits per heavy atom. The van der Waals surface area contributed by atoms with Crippen molar-refractivity contribution in [3.8, 4) is 5.19 Å². The molecule has 20 heavy (non-hydrogen) atoms. The van der Waals surface area contributed by atoms with Gasteiger partial charge in [-0.2, -0.15) is 26.3 Å². The van der Waals surface area contributed by atoms with E-state index in [9.17, 15) is 26.3 Å². The number of hydrogen-bond acceptors (Lipinski definition) is 5. The van der Waals surface area contributed by atoms with E-state index in [1.807, 2.05) is 0 Å². The minimum atomic E-state index is -5.56. The maximum absolute atomic E-state index is 12.3. The number of halogens is 6. The van der Waals surface area contributed by atoms with Crippen LogP contribution in [0.2, 0.25) is 0 Å². The third-order valence-corrected chi connectivity index (χ3v) is 3.19. The molecule has 0 aliphatic heterocycles. The molecule has 114 valence electrons. The first kappa shape index (κ1) is 15.3. The maximum Gasteiger partial charge on any atom is 0.434 e. The smallest absolute Gasteiger partial charge is 0.434 e. The van der Waals surface area contributed by atoms with Gasteiger partial charge in [0.1, 0.15) is 5.01 Å². The minimum absolute atomic E-state index is 0.244. The third kappa shape index (κ3) is 4.20. The molecule has 1 N–H and O–H groups in total. The lowest BCUT2D eigenvalue weighted by molar-refractivity contribution is -0.299. The van der Waals surface area contributed by atoms with Crippen LogP contribution in [0.15, 0.2) is 0 Å². The molecule has 4 nitrogen and oxygen atoms in total. The second-order valence-electron chi connectivity index (χ2n) is 4.20. The molecule has 1 aliphatic carbocycles. The highest BCUT2D eigenvalue weighted by Crippen LogP contribution is 2.37. The van der Waals surface area contributed by atoms with E-state index in [1.54, 1.807) is 0 Å². The molecule has 1 aliphatic rings. The molecule has 11 heteroatoms. The topological polar surface area (TPSA) is 47.0 Å². The summed E-state index contributed by atoms with van der Waals surface area (Å²) in [5.74, 6) is 0. The Bertz CT molecular complexity index is 441. The van der Waals surface area contributed by atoms with Crippen molar-refractivity contribution in [1.29, 1.82) is 0 Å². The van der Waals surface area contributed by atoms with E-state index in [2.05, 4.69) is 20.3 Å². The van der Waals surface area contributed by atoms with E-state index in [0.717, 1.165) is 12.8 Å². The molecule has 1 aromatic heterocycles. The van der Waals surface area contributed by atoms with Crippen molar-refractivity contribution >= 4 is 11.3 Å². The van der Waals surface area contributed by atoms with Gasteiger partial charge < -0.3 is 10.1 Å². The lowest BCUT2D eigenvalue weighted by atomic mass is 10.3. The Morgan fingerprint density at radius 3 is 2.25 bits per heavy atom. The monoisotopic (exact) mass is 321 g/mol. The number of ether oxygens (including phenoxy) is 1. The normalized spacial score (nSPS) is 16.8. The summed E-state index contributed by atoms with van der Waals surface area (Å²) in [6, 6.07) is 0.335. The first-order valence-electron chi connectivity index (χ1n) is 5.52. The van der Waals surface area contributed by atoms with Crippen LogP contribution in [0.3, 0.4) is 0 Å². The average molecular weight is 321 g/mol. The minimum Gasteiger partial charge on any atom is -0.446 e. The van der Waals surface area contributed by atoms with Crippen LogP contribution in [0.4, 0.5) is 26.3 Å². The van der Waals surface area contributed by atoms with Crippen LogP contribution in [-0.2, 0) is 6.54 Å². The number of aromatic nitrogens is 2. The molecular formula is C9H9F6N3OS. The molecule has 0 atom stereocenters. The van der Waals surface area contributed by atoms with E-state index in [0.29, 0.717) is 17.4 Å². The average Bonchev–Trinajstić information content (AvgIpc) is 3.00. The Labute approximate surface area is 113 Å². The summed E-state index contributed by atoms with van der Waals surface area (Å²) >= 11 is 0.556. The predicted octanol–water partition coefficient (Wildman–Crippen LogP) is 2.66. The van der Waals surface area contributed by atoms with Crippen LogP contribution in [-0.4, -0.2) is 34.7 Å². The van der Waals surface area contributed by atoms with Crippen molar-refractivity contribution < 1.29 is 31.1 Å². The van der Waals surface area contributed by atoms with E-state index in [4.69, 9.17) is 0 Å². The molecule has 0 spiro atoms. The van der Waals surface area contributed by atoms with Gasteiger partial charge in [-0.25, -0.2) is 0 Å². The molecule has 2 rings (SSSR count). The molecular weight excluding hydrogens is 312 g/mol. The molecule has 1 heterocycles. The predicted molar refractivity (Wildman–Crippen MR) is 56.3 cm³/mol. The summed E-state index contributed by atoms with van der Waals surface area (Å²) in [5.41, 5.74) is 0. The molecule has 1 aromatic rings. The molecule has 0 amide bonds. The lowest BCUT2D eigenvalue weighted by Gasteiger charge is -2.21. The zero-order valence-corrected chi connectivity index (χ0v) is 10.6. The van der Waals surface area contributed by atoms with Gasteiger partial charge >= 0.3 is 12.4 Å². The highest BCUT2D eigenvalue weighted by molar-refractivity contribution is 7.13. The van der Waals surface area contributed by atoms with Crippen molar-refractivity contribution in [1.82, 2.24) is 15.5 Å². The fourth-order valence-electron chi connectivity index (χ4n) is 1.30. The number of nitrogens with one attached hydrogen (secondary N) is 1. The molecule has 0 radical (unpaired) electrons. The Kier molecular flexibility index (Phi) is 4.09. The Hall–Kier alpha value is -1.10. The van der Waals surface area contributed by atoms with Crippen LogP contribution in [0.5, 0.6) is 5.19 Å². The molecule has 0 bridgehead atoms. The highest BCUT2D eigenvalue weighted by Gasteiger charge is 2.59. The second kappa shape index (κ2) is 5.35. The number of alkyl halides is 6. The van der Waals surface area contributed by atoms with Gasteiger partial charge in [0.05, 0.1) is 6.54 Å². The zero-order valence-electron chi connectivity index (χ0n) is 9.75. The summed E-state index contributed by atoms with van der Waals surface area (Å²) in [6.07, 6.45) is -13.0. The molecule has 1 saturated carbocycles. The summed E-state index contributed by atoms with van der Waals surface area (Å²) in [6.45, 7) is 0.244. The highest BCUT2D eigenvalue weighted by atomic mass is 32.1. The summed E-state index contributed by atoms with van der Waals surface area (Å²) < 4.78 is 77.5. The second-order valence-corrected chi connectivity index (χ2v) is 5.22. The van der Waals surface area contributed by atoms with E-state index in [-0.39, 0.29) is 11.6 Å².